The first-order valence-corrected chi connectivity index (χ1v) is 5.21. The summed E-state index contributed by atoms with van der Waals surface area (Å²) in [5.74, 6) is 0.904. The van der Waals surface area contributed by atoms with E-state index in [1.54, 1.807) is 12.4 Å². The van der Waals surface area contributed by atoms with Gasteiger partial charge in [0.05, 0.1) is 5.69 Å². The summed E-state index contributed by atoms with van der Waals surface area (Å²) < 4.78 is 0.615. The molecule has 0 saturated heterocycles. The van der Waals surface area contributed by atoms with E-state index in [0.717, 1.165) is 23.5 Å². The number of nitrogens with zero attached hydrogens (tertiary/aromatic N) is 2. The van der Waals surface area contributed by atoms with E-state index in [1.807, 2.05) is 25.1 Å². The van der Waals surface area contributed by atoms with Crippen LogP contribution in [-0.4, -0.2) is 15.0 Å². The summed E-state index contributed by atoms with van der Waals surface area (Å²) in [5.41, 5.74) is 2.00. The Morgan fingerprint density at radius 2 is 2.33 bits per heavy atom. The van der Waals surface area contributed by atoms with E-state index >= 15 is 0 Å². The molecular weight excluding hydrogens is 206 g/mol. The van der Waals surface area contributed by atoms with Crippen LogP contribution in [0.2, 0.25) is 0 Å². The second-order valence-electron chi connectivity index (χ2n) is 3.18. The van der Waals surface area contributed by atoms with E-state index in [0.29, 0.717) is 4.64 Å². The number of rotatable bonds is 2. The molecule has 15 heavy (non-hydrogen) atoms. The summed E-state index contributed by atoms with van der Waals surface area (Å²) >= 11 is 5.10. The summed E-state index contributed by atoms with van der Waals surface area (Å²) in [6.07, 6.45) is 4.40. The van der Waals surface area contributed by atoms with E-state index in [1.165, 1.54) is 0 Å². The van der Waals surface area contributed by atoms with Crippen LogP contribution < -0.4 is 0 Å². The molecule has 76 valence electrons. The van der Waals surface area contributed by atoms with Crippen molar-refractivity contribution in [1.29, 1.82) is 0 Å². The SMILES string of the molecule is CCc1nc(=S)cc(-c2cccnc2)[nH]1. The molecule has 2 heterocycles. The molecule has 2 rings (SSSR count). The second kappa shape index (κ2) is 4.31. The molecule has 0 amide bonds. The molecule has 0 bridgehead atoms. The molecule has 0 aliphatic rings. The zero-order chi connectivity index (χ0) is 10.7. The van der Waals surface area contributed by atoms with Crippen molar-refractivity contribution in [2.24, 2.45) is 0 Å². The van der Waals surface area contributed by atoms with Crippen molar-refractivity contribution in [1.82, 2.24) is 15.0 Å². The molecule has 0 saturated carbocycles. The third kappa shape index (κ3) is 2.27. The molecule has 0 atom stereocenters. The average molecular weight is 217 g/mol. The minimum absolute atomic E-state index is 0.615. The Morgan fingerprint density at radius 1 is 1.47 bits per heavy atom. The first kappa shape index (κ1) is 9.98. The number of H-pyrrole nitrogens is 1. The number of nitrogens with one attached hydrogen (secondary N) is 1. The van der Waals surface area contributed by atoms with E-state index in [9.17, 15) is 0 Å². The lowest BCUT2D eigenvalue weighted by atomic mass is 10.2. The molecule has 0 radical (unpaired) electrons. The van der Waals surface area contributed by atoms with Crippen LogP contribution in [0.4, 0.5) is 0 Å². The minimum atomic E-state index is 0.615. The molecule has 0 unspecified atom stereocenters. The van der Waals surface area contributed by atoms with Crippen LogP contribution in [0.5, 0.6) is 0 Å². The maximum atomic E-state index is 5.10. The highest BCUT2D eigenvalue weighted by Crippen LogP contribution is 2.15. The van der Waals surface area contributed by atoms with Gasteiger partial charge >= 0.3 is 0 Å². The van der Waals surface area contributed by atoms with Gasteiger partial charge in [-0.3, -0.25) is 4.98 Å². The minimum Gasteiger partial charge on any atom is -0.343 e. The van der Waals surface area contributed by atoms with Crippen LogP contribution >= 0.6 is 12.2 Å². The first-order chi connectivity index (χ1) is 7.29. The fourth-order valence-corrected chi connectivity index (χ4v) is 1.58. The lowest BCUT2D eigenvalue weighted by Gasteiger charge is -2.03. The summed E-state index contributed by atoms with van der Waals surface area (Å²) in [5, 5.41) is 0. The van der Waals surface area contributed by atoms with Crippen molar-refractivity contribution < 1.29 is 0 Å². The Bertz CT molecular complexity index is 505. The van der Waals surface area contributed by atoms with Gasteiger partial charge in [0.15, 0.2) is 0 Å². The highest BCUT2D eigenvalue weighted by atomic mass is 32.1. The monoisotopic (exact) mass is 217 g/mol. The van der Waals surface area contributed by atoms with Gasteiger partial charge in [-0.25, -0.2) is 4.98 Å². The zero-order valence-electron chi connectivity index (χ0n) is 8.40. The van der Waals surface area contributed by atoms with Crippen molar-refractivity contribution in [2.75, 3.05) is 0 Å². The highest BCUT2D eigenvalue weighted by molar-refractivity contribution is 7.71. The zero-order valence-corrected chi connectivity index (χ0v) is 9.21. The summed E-state index contributed by atoms with van der Waals surface area (Å²) in [7, 11) is 0. The van der Waals surface area contributed by atoms with E-state index in [4.69, 9.17) is 12.2 Å². The van der Waals surface area contributed by atoms with Crippen LogP contribution in [0.3, 0.4) is 0 Å². The Morgan fingerprint density at radius 3 is 3.00 bits per heavy atom. The highest BCUT2D eigenvalue weighted by Gasteiger charge is 1.99. The molecule has 2 aromatic rings. The Balaban J connectivity index is 2.54. The average Bonchev–Trinajstić information content (AvgIpc) is 2.29. The van der Waals surface area contributed by atoms with Gasteiger partial charge in [0.1, 0.15) is 10.5 Å². The number of aryl methyl sites for hydroxylation is 1. The quantitative estimate of drug-likeness (QED) is 0.786. The van der Waals surface area contributed by atoms with Crippen molar-refractivity contribution in [3.63, 3.8) is 0 Å². The van der Waals surface area contributed by atoms with Crippen molar-refractivity contribution >= 4 is 12.2 Å². The smallest absolute Gasteiger partial charge is 0.130 e. The number of hydrogen-bond donors (Lipinski definition) is 1. The third-order valence-electron chi connectivity index (χ3n) is 2.10. The van der Waals surface area contributed by atoms with Crippen LogP contribution in [-0.2, 0) is 6.42 Å². The van der Waals surface area contributed by atoms with Gasteiger partial charge in [-0.1, -0.05) is 19.1 Å². The van der Waals surface area contributed by atoms with Crippen LogP contribution in [0.15, 0.2) is 30.6 Å². The fourth-order valence-electron chi connectivity index (χ4n) is 1.35. The normalized spacial score (nSPS) is 10.2. The van der Waals surface area contributed by atoms with Gasteiger partial charge in [-0.15, -0.1) is 0 Å². The molecule has 1 N–H and O–H groups in total. The molecule has 0 aliphatic carbocycles. The number of hydrogen-bond acceptors (Lipinski definition) is 3. The Kier molecular flexibility index (Phi) is 2.87. The third-order valence-corrected chi connectivity index (χ3v) is 2.31. The van der Waals surface area contributed by atoms with Crippen LogP contribution in [0, 0.1) is 4.64 Å². The van der Waals surface area contributed by atoms with Crippen molar-refractivity contribution in [2.45, 2.75) is 13.3 Å². The topological polar surface area (TPSA) is 41.6 Å². The standard InChI is InChI=1S/C11H11N3S/c1-2-10-13-9(6-11(15)14-10)8-4-3-5-12-7-8/h3-7H,2H2,1H3,(H,13,14,15). The molecule has 0 spiro atoms. The lowest BCUT2D eigenvalue weighted by Crippen LogP contribution is -1.95. The predicted molar refractivity (Wildman–Crippen MR) is 62.0 cm³/mol. The van der Waals surface area contributed by atoms with Crippen molar-refractivity contribution in [3.05, 3.63) is 41.1 Å². The van der Waals surface area contributed by atoms with Gasteiger partial charge < -0.3 is 4.98 Å². The summed E-state index contributed by atoms with van der Waals surface area (Å²) in [4.78, 5) is 11.5. The van der Waals surface area contributed by atoms with E-state index in [-0.39, 0.29) is 0 Å². The number of aromatic nitrogens is 3. The number of pyridine rings is 1. The first-order valence-electron chi connectivity index (χ1n) is 4.80. The maximum Gasteiger partial charge on any atom is 0.130 e. The molecule has 2 aromatic heterocycles. The molecule has 3 nitrogen and oxygen atoms in total. The Labute approximate surface area is 93.2 Å². The lowest BCUT2D eigenvalue weighted by molar-refractivity contribution is 0.936. The van der Waals surface area contributed by atoms with Gasteiger partial charge in [-0.2, -0.15) is 0 Å². The van der Waals surface area contributed by atoms with Crippen LogP contribution in [0.1, 0.15) is 12.7 Å². The fraction of sp³-hybridized carbons (Fsp3) is 0.182. The van der Waals surface area contributed by atoms with Gasteiger partial charge in [0.25, 0.3) is 0 Å². The molecule has 0 aliphatic heterocycles. The van der Waals surface area contributed by atoms with Gasteiger partial charge in [-0.05, 0) is 18.2 Å². The number of aromatic amines is 1. The molecular formula is C11H11N3S. The molecule has 0 aromatic carbocycles. The largest absolute Gasteiger partial charge is 0.343 e. The summed E-state index contributed by atoms with van der Waals surface area (Å²) in [6, 6.07) is 5.75. The van der Waals surface area contributed by atoms with E-state index < -0.39 is 0 Å². The molecule has 0 fully saturated rings. The second-order valence-corrected chi connectivity index (χ2v) is 3.59. The predicted octanol–water partition coefficient (Wildman–Crippen LogP) is 2.76. The summed E-state index contributed by atoms with van der Waals surface area (Å²) in [6.45, 7) is 2.04. The van der Waals surface area contributed by atoms with Gasteiger partial charge in [0, 0.05) is 24.4 Å². The molecule has 4 heteroatoms. The van der Waals surface area contributed by atoms with Crippen molar-refractivity contribution in [3.8, 4) is 11.3 Å². The van der Waals surface area contributed by atoms with Crippen LogP contribution in [0.25, 0.3) is 11.3 Å². The maximum absolute atomic E-state index is 5.10. The van der Waals surface area contributed by atoms with Gasteiger partial charge in [0.2, 0.25) is 0 Å². The van der Waals surface area contributed by atoms with E-state index in [2.05, 4.69) is 15.0 Å². The Hall–Kier alpha value is -1.55.